The fraction of sp³-hybridized carbons (Fsp3) is 0.552. The lowest BCUT2D eigenvalue weighted by atomic mass is 9.85. The molecule has 2 unspecified atom stereocenters. The molecular formula is C29H40N2O5S. The van der Waals surface area contributed by atoms with Gasteiger partial charge in [0.2, 0.25) is 15.7 Å². The summed E-state index contributed by atoms with van der Waals surface area (Å²) >= 11 is 0. The number of piperidine rings is 2. The lowest BCUT2D eigenvalue weighted by molar-refractivity contribution is -0.141. The molecule has 2 fully saturated rings. The number of rotatable bonds is 8. The normalized spacial score (nSPS) is 21.0. The van der Waals surface area contributed by atoms with E-state index in [1.54, 1.807) is 4.90 Å². The van der Waals surface area contributed by atoms with Crippen molar-refractivity contribution in [1.82, 2.24) is 10.2 Å². The third-order valence-corrected chi connectivity index (χ3v) is 9.96. The molecule has 1 amide bonds. The van der Waals surface area contributed by atoms with Gasteiger partial charge in [-0.3, -0.25) is 4.79 Å². The van der Waals surface area contributed by atoms with E-state index in [4.69, 9.17) is 4.74 Å². The van der Waals surface area contributed by atoms with E-state index in [9.17, 15) is 18.3 Å². The molecule has 0 aliphatic carbocycles. The van der Waals surface area contributed by atoms with Gasteiger partial charge in [0.15, 0.2) is 5.44 Å². The van der Waals surface area contributed by atoms with Crippen LogP contribution in [0.3, 0.4) is 0 Å². The van der Waals surface area contributed by atoms with Crippen LogP contribution < -0.4 is 5.32 Å². The molecule has 0 spiro atoms. The first-order valence-corrected chi connectivity index (χ1v) is 14.8. The summed E-state index contributed by atoms with van der Waals surface area (Å²) in [5, 5.41) is 14.4. The number of ether oxygens (including phenoxy) is 1. The molecule has 0 saturated carbocycles. The van der Waals surface area contributed by atoms with Gasteiger partial charge in [0, 0.05) is 25.6 Å². The number of amides is 1. The molecule has 2 aromatic rings. The predicted molar refractivity (Wildman–Crippen MR) is 144 cm³/mol. The van der Waals surface area contributed by atoms with Crippen molar-refractivity contribution in [3.05, 3.63) is 64.7 Å². The number of hydrogen-bond donors (Lipinski definition) is 2. The molecule has 2 aliphatic rings. The first kappa shape index (κ1) is 27.8. The van der Waals surface area contributed by atoms with E-state index in [0.717, 1.165) is 30.5 Å². The maximum atomic E-state index is 13.9. The fourth-order valence-electron chi connectivity index (χ4n) is 5.83. The molecule has 4 rings (SSSR count). The van der Waals surface area contributed by atoms with Gasteiger partial charge in [-0.2, -0.15) is 0 Å². The van der Waals surface area contributed by atoms with E-state index in [1.807, 2.05) is 63.2 Å². The maximum absolute atomic E-state index is 13.9. The summed E-state index contributed by atoms with van der Waals surface area (Å²) in [4.78, 5) is 15.1. The Bertz CT molecular complexity index is 1160. The molecular weight excluding hydrogens is 488 g/mol. The van der Waals surface area contributed by atoms with Crippen molar-refractivity contribution in [3.8, 4) is 0 Å². The smallest absolute Gasteiger partial charge is 0.248 e. The summed E-state index contributed by atoms with van der Waals surface area (Å²) in [6.07, 6.45) is 4.08. The van der Waals surface area contributed by atoms with Crippen molar-refractivity contribution in [1.29, 1.82) is 0 Å². The largest absolute Gasteiger partial charge is 0.389 e. The molecule has 2 aliphatic heterocycles. The van der Waals surface area contributed by atoms with Gasteiger partial charge < -0.3 is 20.1 Å². The van der Waals surface area contributed by atoms with E-state index in [1.165, 1.54) is 0 Å². The monoisotopic (exact) mass is 528 g/mol. The van der Waals surface area contributed by atoms with Crippen molar-refractivity contribution in [2.75, 3.05) is 26.2 Å². The van der Waals surface area contributed by atoms with Gasteiger partial charge in [0.25, 0.3) is 0 Å². The van der Waals surface area contributed by atoms with Crippen LogP contribution in [0.25, 0.3) is 0 Å². The number of nitrogens with zero attached hydrogens (tertiary/aromatic N) is 1. The Kier molecular flexibility index (Phi) is 8.74. The molecule has 37 heavy (non-hydrogen) atoms. The first-order valence-electron chi connectivity index (χ1n) is 13.3. The van der Waals surface area contributed by atoms with E-state index >= 15 is 0 Å². The average molecular weight is 529 g/mol. The molecule has 7 nitrogen and oxygen atoms in total. The van der Waals surface area contributed by atoms with Gasteiger partial charge in [-0.05, 0) is 69.7 Å². The summed E-state index contributed by atoms with van der Waals surface area (Å²) in [5.41, 5.74) is 1.48. The highest BCUT2D eigenvalue weighted by atomic mass is 32.2. The second kappa shape index (κ2) is 11.6. The highest BCUT2D eigenvalue weighted by Gasteiger charge is 2.39. The van der Waals surface area contributed by atoms with Crippen molar-refractivity contribution in [2.24, 2.45) is 0 Å². The fourth-order valence-corrected chi connectivity index (χ4v) is 7.99. The minimum Gasteiger partial charge on any atom is -0.389 e. The highest BCUT2D eigenvalue weighted by molar-refractivity contribution is 7.92. The quantitative estimate of drug-likeness (QED) is 0.545. The number of carbonyl (C=O) groups is 1. The number of aliphatic hydroxyl groups is 1. The van der Waals surface area contributed by atoms with Crippen molar-refractivity contribution >= 4 is 15.7 Å². The van der Waals surface area contributed by atoms with Crippen LogP contribution in [0, 0.1) is 20.8 Å². The molecule has 8 heteroatoms. The predicted octanol–water partition coefficient (Wildman–Crippen LogP) is 3.47. The maximum Gasteiger partial charge on any atom is 0.248 e. The van der Waals surface area contributed by atoms with Crippen molar-refractivity contribution in [3.63, 3.8) is 0 Å². The zero-order chi connectivity index (χ0) is 26.6. The van der Waals surface area contributed by atoms with Crippen LogP contribution in [0.15, 0.2) is 47.4 Å². The topological polar surface area (TPSA) is 95.9 Å². The van der Waals surface area contributed by atoms with E-state index in [2.05, 4.69) is 5.32 Å². The molecule has 2 saturated heterocycles. The zero-order valence-corrected chi connectivity index (χ0v) is 23.0. The Morgan fingerprint density at radius 3 is 2.35 bits per heavy atom. The third-order valence-electron chi connectivity index (χ3n) is 7.67. The molecule has 2 aromatic carbocycles. The Hall–Kier alpha value is -2.26. The molecule has 0 aromatic heterocycles. The number of likely N-dealkylation sites (tertiary alicyclic amines) is 1. The van der Waals surface area contributed by atoms with Crippen LogP contribution in [-0.2, 0) is 25.8 Å². The van der Waals surface area contributed by atoms with Crippen LogP contribution in [0.1, 0.15) is 54.4 Å². The number of benzene rings is 2. The molecule has 0 bridgehead atoms. The van der Waals surface area contributed by atoms with Crippen LogP contribution in [0.2, 0.25) is 0 Å². The number of sulfone groups is 1. The number of nitrogens with one attached hydrogen (secondary N) is 1. The van der Waals surface area contributed by atoms with Gasteiger partial charge in [0.05, 0.1) is 10.5 Å². The summed E-state index contributed by atoms with van der Waals surface area (Å²) < 4.78 is 33.8. The Morgan fingerprint density at radius 1 is 1.11 bits per heavy atom. The molecule has 2 heterocycles. The van der Waals surface area contributed by atoms with Gasteiger partial charge in [0.1, 0.15) is 6.61 Å². The number of aryl methyl sites for hydroxylation is 3. The average Bonchev–Trinajstić information content (AvgIpc) is 2.84. The first-order chi connectivity index (χ1) is 17.6. The van der Waals surface area contributed by atoms with Crippen LogP contribution in [-0.4, -0.2) is 67.7 Å². The van der Waals surface area contributed by atoms with Crippen LogP contribution in [0.5, 0.6) is 0 Å². The van der Waals surface area contributed by atoms with Crippen LogP contribution >= 0.6 is 0 Å². The van der Waals surface area contributed by atoms with Gasteiger partial charge in [-0.25, -0.2) is 8.42 Å². The Morgan fingerprint density at radius 2 is 1.76 bits per heavy atom. The lowest BCUT2D eigenvalue weighted by Crippen LogP contribution is -2.51. The van der Waals surface area contributed by atoms with E-state index in [0.29, 0.717) is 54.8 Å². The number of hydrogen-bond acceptors (Lipinski definition) is 6. The van der Waals surface area contributed by atoms with E-state index in [-0.39, 0.29) is 18.6 Å². The van der Waals surface area contributed by atoms with Gasteiger partial charge in [-0.15, -0.1) is 0 Å². The van der Waals surface area contributed by atoms with Crippen molar-refractivity contribution < 1.29 is 23.1 Å². The molecule has 2 N–H and O–H groups in total. The second-order valence-electron chi connectivity index (χ2n) is 10.8. The summed E-state index contributed by atoms with van der Waals surface area (Å²) in [5.74, 6) is -0.241. The van der Waals surface area contributed by atoms with Crippen molar-refractivity contribution in [2.45, 2.75) is 81.3 Å². The summed E-state index contributed by atoms with van der Waals surface area (Å²) in [6, 6.07) is 13.2. The summed E-state index contributed by atoms with van der Waals surface area (Å²) in [7, 11) is -3.85. The SMILES string of the molecule is Cc1cc(C)c(S(=O)(=O)C(OCC(=O)N2CCC(O)(Cc3ccccc3)CC2)C2CCCCN2)c(C)c1. The van der Waals surface area contributed by atoms with Gasteiger partial charge in [-0.1, -0.05) is 54.4 Å². The van der Waals surface area contributed by atoms with Gasteiger partial charge >= 0.3 is 0 Å². The summed E-state index contributed by atoms with van der Waals surface area (Å²) in [6.45, 7) is 6.84. The highest BCUT2D eigenvalue weighted by Crippen LogP contribution is 2.30. The molecule has 202 valence electrons. The zero-order valence-electron chi connectivity index (χ0n) is 22.2. The van der Waals surface area contributed by atoms with Crippen LogP contribution in [0.4, 0.5) is 0 Å². The minimum absolute atomic E-state index is 0.241. The standard InChI is InChI=1S/C29H40N2O5S/c1-21-17-22(2)27(23(3)18-21)37(34,35)28(25-11-7-8-14-30-25)36-20-26(32)31-15-12-29(33,13-16-31)19-24-9-5-4-6-10-24/h4-6,9-10,17-18,25,28,30,33H,7-8,11-16,19-20H2,1-3H3. The Balaban J connectivity index is 1.44. The third kappa shape index (κ3) is 6.60. The molecule has 0 radical (unpaired) electrons. The molecule has 2 atom stereocenters. The minimum atomic E-state index is -3.85. The Labute approximate surface area is 221 Å². The second-order valence-corrected chi connectivity index (χ2v) is 12.7. The van der Waals surface area contributed by atoms with E-state index < -0.39 is 20.9 Å². The number of carbonyl (C=O) groups excluding carboxylic acids is 1. The lowest BCUT2D eigenvalue weighted by Gasteiger charge is -2.38.